The van der Waals surface area contributed by atoms with Crippen molar-refractivity contribution in [3.63, 3.8) is 0 Å². The second-order valence-electron chi connectivity index (χ2n) is 6.00. The molecule has 2 nitrogen and oxygen atoms in total. The van der Waals surface area contributed by atoms with Crippen LogP contribution in [-0.4, -0.2) is 23.4 Å². The van der Waals surface area contributed by atoms with E-state index in [0.717, 1.165) is 45.1 Å². The number of amides is 1. The summed E-state index contributed by atoms with van der Waals surface area (Å²) in [4.78, 5) is 14.9. The van der Waals surface area contributed by atoms with Crippen LogP contribution in [0.15, 0.2) is 42.5 Å². The van der Waals surface area contributed by atoms with E-state index in [1.165, 1.54) is 5.56 Å². The number of allylic oxidation sites excluding steroid dienone is 2. The first-order chi connectivity index (χ1) is 9.84. The Bertz CT molecular complexity index is 479. The van der Waals surface area contributed by atoms with Gasteiger partial charge < -0.3 is 4.90 Å². The monoisotopic (exact) mass is 269 g/mol. The van der Waals surface area contributed by atoms with Gasteiger partial charge in [0.1, 0.15) is 0 Å². The van der Waals surface area contributed by atoms with Crippen LogP contribution < -0.4 is 0 Å². The molecule has 0 radical (unpaired) electrons. The lowest BCUT2D eigenvalue weighted by atomic mass is 9.92. The van der Waals surface area contributed by atoms with Gasteiger partial charge in [0.05, 0.1) is 0 Å². The van der Waals surface area contributed by atoms with E-state index in [4.69, 9.17) is 0 Å². The SMILES string of the molecule is O=C(C1CC=CCC1)N1CCCC1Cc1ccccc1. The topological polar surface area (TPSA) is 20.3 Å². The van der Waals surface area contributed by atoms with Gasteiger partial charge in [0, 0.05) is 18.5 Å². The largest absolute Gasteiger partial charge is 0.339 e. The molecule has 0 saturated carbocycles. The van der Waals surface area contributed by atoms with E-state index in [-0.39, 0.29) is 5.92 Å². The van der Waals surface area contributed by atoms with Gasteiger partial charge in [-0.1, -0.05) is 42.5 Å². The predicted octanol–water partition coefficient (Wildman–Crippen LogP) is 3.58. The number of hydrogen-bond donors (Lipinski definition) is 0. The van der Waals surface area contributed by atoms with Crippen LogP contribution in [0.1, 0.15) is 37.7 Å². The Kier molecular flexibility index (Phi) is 4.19. The molecule has 0 N–H and O–H groups in total. The number of likely N-dealkylation sites (tertiary alicyclic amines) is 1. The summed E-state index contributed by atoms with van der Waals surface area (Å²) in [7, 11) is 0. The van der Waals surface area contributed by atoms with Crippen LogP contribution in [0.4, 0.5) is 0 Å². The standard InChI is InChI=1S/C18H23NO/c20-18(16-10-5-2-6-11-16)19-13-7-12-17(19)14-15-8-3-1-4-9-15/h1-5,8-9,16-17H,6-7,10-14H2. The molecule has 1 heterocycles. The third-order valence-electron chi connectivity index (χ3n) is 4.59. The maximum Gasteiger partial charge on any atom is 0.226 e. The fourth-order valence-corrected chi connectivity index (χ4v) is 3.48. The Balaban J connectivity index is 1.66. The molecular weight excluding hydrogens is 246 g/mol. The second-order valence-corrected chi connectivity index (χ2v) is 6.00. The number of rotatable bonds is 3. The molecule has 2 atom stereocenters. The highest BCUT2D eigenvalue weighted by atomic mass is 16.2. The average molecular weight is 269 g/mol. The molecule has 1 aliphatic carbocycles. The van der Waals surface area contributed by atoms with Gasteiger partial charge in [0.2, 0.25) is 5.91 Å². The highest BCUT2D eigenvalue weighted by Gasteiger charge is 2.32. The van der Waals surface area contributed by atoms with Crippen molar-refractivity contribution in [2.45, 2.75) is 44.6 Å². The van der Waals surface area contributed by atoms with Crippen molar-refractivity contribution in [1.82, 2.24) is 4.90 Å². The smallest absolute Gasteiger partial charge is 0.226 e. The molecule has 1 aromatic carbocycles. The number of benzene rings is 1. The fraction of sp³-hybridized carbons (Fsp3) is 0.500. The minimum absolute atomic E-state index is 0.233. The molecule has 1 amide bonds. The normalized spacial score (nSPS) is 25.9. The van der Waals surface area contributed by atoms with Gasteiger partial charge in [-0.15, -0.1) is 0 Å². The first-order valence-electron chi connectivity index (χ1n) is 7.84. The third kappa shape index (κ3) is 2.95. The zero-order chi connectivity index (χ0) is 13.8. The van der Waals surface area contributed by atoms with E-state index >= 15 is 0 Å². The van der Waals surface area contributed by atoms with Gasteiger partial charge in [0.25, 0.3) is 0 Å². The van der Waals surface area contributed by atoms with Crippen LogP contribution in [-0.2, 0) is 11.2 Å². The molecule has 2 aliphatic rings. The Labute approximate surface area is 121 Å². The van der Waals surface area contributed by atoms with Crippen molar-refractivity contribution in [1.29, 1.82) is 0 Å². The lowest BCUT2D eigenvalue weighted by Gasteiger charge is -2.29. The number of carbonyl (C=O) groups excluding carboxylic acids is 1. The van der Waals surface area contributed by atoms with Gasteiger partial charge >= 0.3 is 0 Å². The highest BCUT2D eigenvalue weighted by Crippen LogP contribution is 2.27. The molecule has 1 fully saturated rings. The molecule has 3 rings (SSSR count). The first kappa shape index (κ1) is 13.4. The van der Waals surface area contributed by atoms with E-state index in [1.807, 2.05) is 0 Å². The molecule has 0 spiro atoms. The Hall–Kier alpha value is -1.57. The number of hydrogen-bond acceptors (Lipinski definition) is 1. The Morgan fingerprint density at radius 1 is 1.15 bits per heavy atom. The highest BCUT2D eigenvalue weighted by molar-refractivity contribution is 5.79. The van der Waals surface area contributed by atoms with Gasteiger partial charge in [-0.05, 0) is 44.1 Å². The predicted molar refractivity (Wildman–Crippen MR) is 81.4 cm³/mol. The molecule has 1 aliphatic heterocycles. The summed E-state index contributed by atoms with van der Waals surface area (Å²) in [5, 5.41) is 0. The van der Waals surface area contributed by atoms with Gasteiger partial charge in [-0.3, -0.25) is 4.79 Å². The van der Waals surface area contributed by atoms with Crippen molar-refractivity contribution in [3.05, 3.63) is 48.0 Å². The third-order valence-corrected chi connectivity index (χ3v) is 4.59. The van der Waals surface area contributed by atoms with Crippen LogP contribution in [0.5, 0.6) is 0 Å². The summed E-state index contributed by atoms with van der Waals surface area (Å²) >= 11 is 0. The van der Waals surface area contributed by atoms with Crippen LogP contribution in [0.2, 0.25) is 0 Å². The lowest BCUT2D eigenvalue weighted by molar-refractivity contribution is -0.136. The summed E-state index contributed by atoms with van der Waals surface area (Å²) in [5.41, 5.74) is 1.35. The van der Waals surface area contributed by atoms with Crippen molar-refractivity contribution < 1.29 is 4.79 Å². The molecule has 0 aromatic heterocycles. The van der Waals surface area contributed by atoms with E-state index in [0.29, 0.717) is 11.9 Å². The Morgan fingerprint density at radius 3 is 2.75 bits per heavy atom. The van der Waals surface area contributed by atoms with Crippen LogP contribution in [0.3, 0.4) is 0 Å². The first-order valence-corrected chi connectivity index (χ1v) is 7.84. The quantitative estimate of drug-likeness (QED) is 0.768. The van der Waals surface area contributed by atoms with Crippen molar-refractivity contribution >= 4 is 5.91 Å². The summed E-state index contributed by atoms with van der Waals surface area (Å²) in [6.07, 6.45) is 10.7. The Morgan fingerprint density at radius 2 is 2.00 bits per heavy atom. The molecule has 0 bridgehead atoms. The number of carbonyl (C=O) groups is 1. The molecule has 106 valence electrons. The average Bonchev–Trinajstić information content (AvgIpc) is 2.96. The fourth-order valence-electron chi connectivity index (χ4n) is 3.48. The summed E-state index contributed by atoms with van der Waals surface area (Å²) in [5.74, 6) is 0.629. The van der Waals surface area contributed by atoms with Crippen molar-refractivity contribution in [2.24, 2.45) is 5.92 Å². The van der Waals surface area contributed by atoms with Crippen LogP contribution in [0.25, 0.3) is 0 Å². The summed E-state index contributed by atoms with van der Waals surface area (Å²) in [6, 6.07) is 11.0. The summed E-state index contributed by atoms with van der Waals surface area (Å²) in [6.45, 7) is 0.955. The van der Waals surface area contributed by atoms with E-state index in [1.54, 1.807) is 0 Å². The molecule has 20 heavy (non-hydrogen) atoms. The second kappa shape index (κ2) is 6.25. The maximum absolute atomic E-state index is 12.7. The van der Waals surface area contributed by atoms with Crippen LogP contribution in [0, 0.1) is 5.92 Å². The van der Waals surface area contributed by atoms with E-state index in [2.05, 4.69) is 47.4 Å². The van der Waals surface area contributed by atoms with Gasteiger partial charge in [-0.2, -0.15) is 0 Å². The van der Waals surface area contributed by atoms with Gasteiger partial charge in [-0.25, -0.2) is 0 Å². The zero-order valence-corrected chi connectivity index (χ0v) is 12.0. The maximum atomic E-state index is 12.7. The molecule has 1 aromatic rings. The molecule has 2 unspecified atom stereocenters. The van der Waals surface area contributed by atoms with Crippen LogP contribution >= 0.6 is 0 Å². The van der Waals surface area contributed by atoms with Crippen molar-refractivity contribution in [3.8, 4) is 0 Å². The molecular formula is C18H23NO. The molecule has 1 saturated heterocycles. The summed E-state index contributed by atoms with van der Waals surface area (Å²) < 4.78 is 0. The minimum atomic E-state index is 0.233. The van der Waals surface area contributed by atoms with E-state index < -0.39 is 0 Å². The van der Waals surface area contributed by atoms with Gasteiger partial charge in [0.15, 0.2) is 0 Å². The molecule has 2 heteroatoms. The van der Waals surface area contributed by atoms with E-state index in [9.17, 15) is 4.79 Å². The number of nitrogens with zero attached hydrogens (tertiary/aromatic N) is 1. The lowest BCUT2D eigenvalue weighted by Crippen LogP contribution is -2.40. The zero-order valence-electron chi connectivity index (χ0n) is 12.0. The minimum Gasteiger partial charge on any atom is -0.339 e. The van der Waals surface area contributed by atoms with Crippen molar-refractivity contribution in [2.75, 3.05) is 6.54 Å².